The Morgan fingerprint density at radius 2 is 1.52 bits per heavy atom. The van der Waals surface area contributed by atoms with Gasteiger partial charge in [-0.15, -0.1) is 0 Å². The van der Waals surface area contributed by atoms with Crippen LogP contribution in [-0.4, -0.2) is 11.8 Å². The highest BCUT2D eigenvalue weighted by Crippen LogP contribution is 2.33. The average Bonchev–Trinajstić information content (AvgIpc) is 3.09. The maximum absolute atomic E-state index is 12.1. The topological polar surface area (TPSA) is 112 Å². The van der Waals surface area contributed by atoms with Gasteiger partial charge in [-0.05, 0) is 30.7 Å². The number of furan rings is 2. The molecular formula is C15H18N2O4. The number of carbonyl (C=O) groups excluding carboxylic acids is 2. The zero-order valence-electron chi connectivity index (χ0n) is 11.6. The Balaban J connectivity index is 2.27. The van der Waals surface area contributed by atoms with E-state index in [1.807, 2.05) is 0 Å². The molecule has 112 valence electrons. The van der Waals surface area contributed by atoms with E-state index >= 15 is 0 Å². The molecule has 4 N–H and O–H groups in total. The summed E-state index contributed by atoms with van der Waals surface area (Å²) < 4.78 is 10.6. The third-order valence-corrected chi connectivity index (χ3v) is 3.56. The van der Waals surface area contributed by atoms with E-state index in [4.69, 9.17) is 20.3 Å². The number of hydrogen-bond donors (Lipinski definition) is 2. The normalized spacial score (nSPS) is 11.4. The summed E-state index contributed by atoms with van der Waals surface area (Å²) in [6.45, 7) is 0. The lowest BCUT2D eigenvalue weighted by molar-refractivity contribution is -0.129. The molecular weight excluding hydrogens is 272 g/mol. The van der Waals surface area contributed by atoms with E-state index in [1.54, 1.807) is 24.3 Å². The third kappa shape index (κ3) is 3.75. The molecule has 0 aromatic carbocycles. The van der Waals surface area contributed by atoms with E-state index < -0.39 is 17.2 Å². The largest absolute Gasteiger partial charge is 0.469 e. The third-order valence-electron chi connectivity index (χ3n) is 3.56. The van der Waals surface area contributed by atoms with Gasteiger partial charge >= 0.3 is 0 Å². The molecule has 0 aliphatic heterocycles. The Morgan fingerprint density at radius 3 is 1.86 bits per heavy atom. The lowest BCUT2D eigenvalue weighted by Gasteiger charge is -2.28. The van der Waals surface area contributed by atoms with Gasteiger partial charge in [-0.3, -0.25) is 9.59 Å². The molecule has 6 heteroatoms. The number of nitrogens with two attached hydrogens (primary N) is 2. The van der Waals surface area contributed by atoms with Crippen LogP contribution in [0.4, 0.5) is 0 Å². The van der Waals surface area contributed by atoms with Crippen LogP contribution in [0.1, 0.15) is 24.4 Å². The fraction of sp³-hybridized carbons (Fsp3) is 0.333. The second kappa shape index (κ2) is 6.30. The predicted molar refractivity (Wildman–Crippen MR) is 74.9 cm³/mol. The molecule has 0 aliphatic rings. The van der Waals surface area contributed by atoms with Gasteiger partial charge in [0.2, 0.25) is 11.8 Å². The van der Waals surface area contributed by atoms with E-state index in [9.17, 15) is 9.59 Å². The molecule has 2 heterocycles. The average molecular weight is 290 g/mol. The van der Waals surface area contributed by atoms with Crippen LogP contribution in [-0.2, 0) is 22.4 Å². The van der Waals surface area contributed by atoms with Crippen molar-refractivity contribution in [3.05, 3.63) is 48.3 Å². The zero-order valence-corrected chi connectivity index (χ0v) is 11.6. The van der Waals surface area contributed by atoms with Gasteiger partial charge in [0.1, 0.15) is 11.5 Å². The van der Waals surface area contributed by atoms with Crippen LogP contribution in [0.25, 0.3) is 0 Å². The molecule has 0 saturated carbocycles. The van der Waals surface area contributed by atoms with Crippen molar-refractivity contribution in [2.75, 3.05) is 0 Å². The van der Waals surface area contributed by atoms with Crippen molar-refractivity contribution in [2.24, 2.45) is 16.9 Å². The highest BCUT2D eigenvalue weighted by atomic mass is 16.3. The zero-order chi connectivity index (χ0) is 15.3. The number of amides is 2. The molecule has 0 bridgehead atoms. The Labute approximate surface area is 122 Å². The molecule has 0 radical (unpaired) electrons. The summed E-state index contributed by atoms with van der Waals surface area (Å²) in [6, 6.07) is 7.01. The summed E-state index contributed by atoms with van der Waals surface area (Å²) in [7, 11) is 0. The molecule has 2 aromatic rings. The van der Waals surface area contributed by atoms with E-state index in [0.29, 0.717) is 24.4 Å². The molecule has 2 aromatic heterocycles. The maximum Gasteiger partial charge on any atom is 0.224 e. The first-order valence-corrected chi connectivity index (χ1v) is 6.65. The van der Waals surface area contributed by atoms with E-state index in [0.717, 1.165) is 0 Å². The quantitative estimate of drug-likeness (QED) is 0.764. The van der Waals surface area contributed by atoms with Crippen LogP contribution in [0.5, 0.6) is 0 Å². The van der Waals surface area contributed by atoms with Gasteiger partial charge < -0.3 is 20.3 Å². The van der Waals surface area contributed by atoms with Crippen LogP contribution in [0.2, 0.25) is 0 Å². The molecule has 0 saturated heterocycles. The molecule has 2 rings (SSSR count). The predicted octanol–water partition coefficient (Wildman–Crippen LogP) is 1.39. The maximum atomic E-state index is 12.1. The summed E-state index contributed by atoms with van der Waals surface area (Å²) in [4.78, 5) is 23.2. The Bertz CT molecular complexity index is 551. The second-order valence-corrected chi connectivity index (χ2v) is 5.12. The van der Waals surface area contributed by atoms with Crippen molar-refractivity contribution in [3.8, 4) is 0 Å². The molecule has 21 heavy (non-hydrogen) atoms. The van der Waals surface area contributed by atoms with Crippen LogP contribution >= 0.6 is 0 Å². The minimum Gasteiger partial charge on any atom is -0.469 e. The van der Waals surface area contributed by atoms with Crippen molar-refractivity contribution in [2.45, 2.75) is 25.7 Å². The van der Waals surface area contributed by atoms with Crippen LogP contribution in [0, 0.1) is 5.41 Å². The van der Waals surface area contributed by atoms with Crippen molar-refractivity contribution in [3.63, 3.8) is 0 Å². The standard InChI is InChI=1S/C15H18N2O4/c16-13(18)5-6-15(14(17)19,9-11-3-1-7-20-11)10-12-4-2-8-21-12/h1-4,7-8H,5-6,9-10H2,(H2,16,18)(H2,17,19). The Morgan fingerprint density at radius 1 is 1.00 bits per heavy atom. The Kier molecular flexibility index (Phi) is 4.47. The van der Waals surface area contributed by atoms with E-state index in [1.165, 1.54) is 12.5 Å². The second-order valence-electron chi connectivity index (χ2n) is 5.12. The highest BCUT2D eigenvalue weighted by molar-refractivity contribution is 5.82. The Hall–Kier alpha value is -2.50. The summed E-state index contributed by atoms with van der Waals surface area (Å²) in [5, 5.41) is 0. The highest BCUT2D eigenvalue weighted by Gasteiger charge is 2.39. The van der Waals surface area contributed by atoms with E-state index in [-0.39, 0.29) is 12.8 Å². The van der Waals surface area contributed by atoms with Crippen molar-refractivity contribution < 1.29 is 18.4 Å². The fourth-order valence-electron chi connectivity index (χ4n) is 2.39. The monoisotopic (exact) mass is 290 g/mol. The van der Waals surface area contributed by atoms with Crippen LogP contribution in [0.15, 0.2) is 45.6 Å². The molecule has 0 atom stereocenters. The summed E-state index contributed by atoms with van der Waals surface area (Å²) in [6.07, 6.45) is 3.97. The van der Waals surface area contributed by atoms with Gasteiger partial charge in [0.05, 0.1) is 17.9 Å². The molecule has 0 unspecified atom stereocenters. The first-order valence-electron chi connectivity index (χ1n) is 6.65. The molecule has 0 aliphatic carbocycles. The minimum absolute atomic E-state index is 0.0738. The molecule has 0 fully saturated rings. The van der Waals surface area contributed by atoms with Gasteiger partial charge in [-0.25, -0.2) is 0 Å². The summed E-state index contributed by atoms with van der Waals surface area (Å²) >= 11 is 0. The SMILES string of the molecule is NC(=O)CCC(Cc1ccco1)(Cc1ccco1)C(N)=O. The van der Waals surface area contributed by atoms with Crippen molar-refractivity contribution in [1.29, 1.82) is 0 Å². The summed E-state index contributed by atoms with van der Waals surface area (Å²) in [5.74, 6) is 0.283. The molecule has 2 amide bonds. The number of primary amides is 2. The first-order chi connectivity index (χ1) is 10.0. The smallest absolute Gasteiger partial charge is 0.224 e. The fourth-order valence-corrected chi connectivity index (χ4v) is 2.39. The molecule has 0 spiro atoms. The van der Waals surface area contributed by atoms with Crippen LogP contribution < -0.4 is 11.5 Å². The number of hydrogen-bond acceptors (Lipinski definition) is 4. The van der Waals surface area contributed by atoms with Crippen LogP contribution in [0.3, 0.4) is 0 Å². The van der Waals surface area contributed by atoms with Gasteiger partial charge in [0.25, 0.3) is 0 Å². The van der Waals surface area contributed by atoms with E-state index in [2.05, 4.69) is 0 Å². The van der Waals surface area contributed by atoms with Gasteiger partial charge in [0.15, 0.2) is 0 Å². The lowest BCUT2D eigenvalue weighted by atomic mass is 9.75. The first kappa shape index (κ1) is 14.9. The minimum atomic E-state index is -0.968. The molecule has 6 nitrogen and oxygen atoms in total. The van der Waals surface area contributed by atoms with Gasteiger partial charge in [0, 0.05) is 19.3 Å². The van der Waals surface area contributed by atoms with Gasteiger partial charge in [-0.1, -0.05) is 0 Å². The van der Waals surface area contributed by atoms with Crippen molar-refractivity contribution in [1.82, 2.24) is 0 Å². The van der Waals surface area contributed by atoms with Gasteiger partial charge in [-0.2, -0.15) is 0 Å². The number of rotatable bonds is 8. The van der Waals surface area contributed by atoms with Crippen molar-refractivity contribution >= 4 is 11.8 Å². The lowest BCUT2D eigenvalue weighted by Crippen LogP contribution is -2.41. The number of carbonyl (C=O) groups is 2. The summed E-state index contributed by atoms with van der Waals surface area (Å²) in [5.41, 5.74) is 9.86.